The van der Waals surface area contributed by atoms with Gasteiger partial charge in [-0.2, -0.15) is 0 Å². The molecule has 3 aromatic rings. The van der Waals surface area contributed by atoms with Crippen LogP contribution in [0.4, 0.5) is 5.95 Å². The van der Waals surface area contributed by atoms with Gasteiger partial charge in [0.2, 0.25) is 11.4 Å². The monoisotopic (exact) mass is 454 g/mol. The zero-order valence-corrected chi connectivity index (χ0v) is 18.4. The Balaban J connectivity index is 1.73. The highest BCUT2D eigenvalue weighted by Gasteiger charge is 2.36. The van der Waals surface area contributed by atoms with Crippen molar-refractivity contribution in [3.05, 3.63) is 64.1 Å². The van der Waals surface area contributed by atoms with Gasteiger partial charge in [0.25, 0.3) is 23.2 Å². The Morgan fingerprint density at radius 2 is 1.97 bits per heavy atom. The normalized spacial score (nSPS) is 15.3. The molecule has 1 aliphatic rings. The molecule has 0 aliphatic carbocycles. The number of nitrogens with zero attached hydrogens (tertiary/aromatic N) is 3. The summed E-state index contributed by atoms with van der Waals surface area (Å²) >= 11 is 0. The summed E-state index contributed by atoms with van der Waals surface area (Å²) in [6.45, 7) is 4.94. The molecule has 0 saturated carbocycles. The molecule has 0 bridgehead atoms. The molecule has 3 heterocycles. The Morgan fingerprint density at radius 1 is 1.24 bits per heavy atom. The molecular weight excluding hydrogens is 430 g/mol. The van der Waals surface area contributed by atoms with Crippen molar-refractivity contribution >= 4 is 29.0 Å². The Labute approximate surface area is 188 Å². The lowest BCUT2D eigenvalue weighted by Crippen LogP contribution is -2.37. The lowest BCUT2D eigenvalue weighted by molar-refractivity contribution is -0.665. The zero-order chi connectivity index (χ0) is 23.8. The van der Waals surface area contributed by atoms with Crippen LogP contribution >= 0.6 is 0 Å². The van der Waals surface area contributed by atoms with Crippen LogP contribution < -0.4 is 15.4 Å². The Morgan fingerprint density at radius 3 is 2.64 bits per heavy atom. The number of aromatic nitrogens is 4. The predicted molar refractivity (Wildman–Crippen MR) is 116 cm³/mol. The topological polar surface area (TPSA) is 139 Å². The number of benzene rings is 1. The summed E-state index contributed by atoms with van der Waals surface area (Å²) < 4.78 is 13.8. The van der Waals surface area contributed by atoms with Crippen LogP contribution in [0.25, 0.3) is 11.2 Å². The Bertz CT molecular complexity index is 1320. The zero-order valence-electron chi connectivity index (χ0n) is 18.4. The predicted octanol–water partition coefficient (Wildman–Crippen LogP) is 1.49. The van der Waals surface area contributed by atoms with Crippen LogP contribution in [0.2, 0.25) is 0 Å². The van der Waals surface area contributed by atoms with Gasteiger partial charge in [-0.3, -0.25) is 24.5 Å². The minimum Gasteiger partial charge on any atom is -0.481 e. The molecule has 0 unspecified atom stereocenters. The van der Waals surface area contributed by atoms with E-state index in [1.165, 1.54) is 20.8 Å². The van der Waals surface area contributed by atoms with Gasteiger partial charge >= 0.3 is 11.6 Å². The van der Waals surface area contributed by atoms with Gasteiger partial charge in [0.1, 0.15) is 5.57 Å². The van der Waals surface area contributed by atoms with Gasteiger partial charge in [-0.05, 0) is 5.56 Å². The lowest BCUT2D eigenvalue weighted by atomic mass is 10.1. The number of carbonyl (C=O) groups excluding carboxylic acids is 2. The number of aromatic amines is 1. The average molecular weight is 454 g/mol. The van der Waals surface area contributed by atoms with E-state index in [2.05, 4.69) is 15.3 Å². The second-order valence-electron chi connectivity index (χ2n) is 8.12. The quantitative estimate of drug-likeness (QED) is 0.379. The first kappa shape index (κ1) is 22.1. The van der Waals surface area contributed by atoms with Crippen LogP contribution in [0, 0.1) is 0 Å². The number of H-pyrrole nitrogens is 1. The first-order valence-corrected chi connectivity index (χ1v) is 10.3. The lowest BCUT2D eigenvalue weighted by Gasteiger charge is -2.30. The average Bonchev–Trinajstić information content (AvgIpc) is 3.04. The van der Waals surface area contributed by atoms with Crippen molar-refractivity contribution in [3.63, 3.8) is 0 Å². The van der Waals surface area contributed by atoms with Crippen molar-refractivity contribution in [1.29, 1.82) is 0 Å². The van der Waals surface area contributed by atoms with Gasteiger partial charge in [0, 0.05) is 27.2 Å². The molecule has 0 radical (unpaired) electrons. The minimum atomic E-state index is -1.26. The third kappa shape index (κ3) is 4.71. The highest BCUT2D eigenvalue weighted by atomic mass is 16.8. The van der Waals surface area contributed by atoms with E-state index in [0.29, 0.717) is 12.2 Å². The molecule has 0 atom stereocenters. The molecule has 0 fully saturated rings. The van der Waals surface area contributed by atoms with Gasteiger partial charge in [0.05, 0.1) is 13.1 Å². The van der Waals surface area contributed by atoms with E-state index in [1.807, 2.05) is 30.3 Å². The summed E-state index contributed by atoms with van der Waals surface area (Å²) in [7, 11) is 0. The van der Waals surface area contributed by atoms with E-state index in [9.17, 15) is 19.5 Å². The number of cyclic esters (lactones) is 1. The smallest absolute Gasteiger partial charge is 0.344 e. The minimum absolute atomic E-state index is 0.0231. The number of imidazole rings is 1. The number of nitrogens with one attached hydrogen (secondary N) is 2. The Hall–Kier alpha value is -4.15. The molecule has 11 nitrogen and oxygen atoms in total. The molecule has 0 spiro atoms. The summed E-state index contributed by atoms with van der Waals surface area (Å²) in [5.41, 5.74) is 1.11. The molecule has 3 N–H and O–H groups in total. The molecule has 1 aromatic carbocycles. The second kappa shape index (κ2) is 8.41. The van der Waals surface area contributed by atoms with Crippen molar-refractivity contribution in [2.75, 3.05) is 5.32 Å². The number of rotatable bonds is 6. The molecule has 1 aliphatic heterocycles. The molecule has 1 amide bonds. The summed E-state index contributed by atoms with van der Waals surface area (Å²) in [4.78, 5) is 43.6. The number of amides is 1. The van der Waals surface area contributed by atoms with Gasteiger partial charge in [-0.25, -0.2) is 9.36 Å². The number of aliphatic hydroxyl groups is 1. The number of ether oxygens (including phenoxy) is 2. The van der Waals surface area contributed by atoms with Crippen molar-refractivity contribution in [2.45, 2.75) is 46.1 Å². The third-order valence-corrected chi connectivity index (χ3v) is 4.99. The number of esters is 1. The number of hydrogen-bond donors (Lipinski definition) is 3. The SMILES string of the molecule is CC(=O)Nc1nc2c(c(=O)[nH]1)n(CCC1=C(O)OC(C)(C)OC1=O)c[n+]2Cc1ccccc1. The fourth-order valence-corrected chi connectivity index (χ4v) is 3.61. The number of hydrogen-bond acceptors (Lipinski definition) is 7. The molecule has 33 heavy (non-hydrogen) atoms. The summed E-state index contributed by atoms with van der Waals surface area (Å²) in [5.74, 6) is -2.77. The van der Waals surface area contributed by atoms with Crippen molar-refractivity contribution in [1.82, 2.24) is 14.5 Å². The van der Waals surface area contributed by atoms with E-state index in [4.69, 9.17) is 9.47 Å². The van der Waals surface area contributed by atoms with Gasteiger partial charge in [-0.1, -0.05) is 35.3 Å². The number of aryl methyl sites for hydroxylation is 1. The summed E-state index contributed by atoms with van der Waals surface area (Å²) in [5, 5.41) is 12.7. The molecule has 172 valence electrons. The van der Waals surface area contributed by atoms with Crippen LogP contribution in [0.3, 0.4) is 0 Å². The fraction of sp³-hybridized carbons (Fsp3) is 0.318. The molecule has 4 rings (SSSR count). The summed E-state index contributed by atoms with van der Waals surface area (Å²) in [6, 6.07) is 9.60. The standard InChI is InChI=1S/C22H23N5O6/c1-13(28)23-21-24-17-16(18(29)25-21)26(12-27(17)11-14-7-5-4-6-8-14)10-9-15-19(30)32-22(2,3)33-20(15)31/h4-8,12H,9-11H2,1-3H3,(H2-,23,24,25,28,29,30,31)/p+1. The molecule has 11 heteroatoms. The van der Waals surface area contributed by atoms with Crippen molar-refractivity contribution < 1.29 is 28.7 Å². The van der Waals surface area contributed by atoms with E-state index in [0.717, 1.165) is 5.56 Å². The highest BCUT2D eigenvalue weighted by Crippen LogP contribution is 2.27. The maximum absolute atomic E-state index is 12.9. The van der Waals surface area contributed by atoms with Gasteiger partial charge < -0.3 is 14.6 Å². The van der Waals surface area contributed by atoms with Crippen LogP contribution in [-0.4, -0.2) is 37.3 Å². The van der Waals surface area contributed by atoms with Crippen LogP contribution in [0.5, 0.6) is 0 Å². The maximum Gasteiger partial charge on any atom is 0.344 e. The first-order chi connectivity index (χ1) is 15.6. The van der Waals surface area contributed by atoms with E-state index >= 15 is 0 Å². The highest BCUT2D eigenvalue weighted by molar-refractivity contribution is 5.89. The molecule has 0 saturated heterocycles. The van der Waals surface area contributed by atoms with Crippen LogP contribution in [0.15, 0.2) is 53.0 Å². The van der Waals surface area contributed by atoms with E-state index in [-0.39, 0.29) is 35.9 Å². The van der Waals surface area contributed by atoms with Crippen LogP contribution in [0.1, 0.15) is 32.8 Å². The number of carbonyl (C=O) groups is 2. The van der Waals surface area contributed by atoms with Gasteiger partial charge in [-0.15, -0.1) is 0 Å². The third-order valence-electron chi connectivity index (χ3n) is 4.99. The number of aliphatic hydroxyl groups excluding tert-OH is 1. The van der Waals surface area contributed by atoms with E-state index < -0.39 is 23.3 Å². The van der Waals surface area contributed by atoms with Crippen molar-refractivity contribution in [2.24, 2.45) is 0 Å². The largest absolute Gasteiger partial charge is 0.481 e. The van der Waals surface area contributed by atoms with Crippen molar-refractivity contribution in [3.8, 4) is 0 Å². The maximum atomic E-state index is 12.9. The second-order valence-corrected chi connectivity index (χ2v) is 8.12. The van der Waals surface area contributed by atoms with Crippen LogP contribution in [-0.2, 0) is 32.2 Å². The van der Waals surface area contributed by atoms with E-state index in [1.54, 1.807) is 15.5 Å². The molecule has 2 aromatic heterocycles. The first-order valence-electron chi connectivity index (χ1n) is 10.3. The fourth-order valence-electron chi connectivity index (χ4n) is 3.61. The Kier molecular flexibility index (Phi) is 5.62. The summed E-state index contributed by atoms with van der Waals surface area (Å²) in [6.07, 6.45) is 1.76. The van der Waals surface area contributed by atoms with Gasteiger partial charge in [0.15, 0.2) is 6.33 Å². The number of anilines is 1. The number of fused-ring (bicyclic) bond motifs is 1. The molecular formula is C22H24N5O6+.